The molecule has 0 aliphatic carbocycles. The van der Waals surface area contributed by atoms with Gasteiger partial charge in [0.25, 0.3) is 5.91 Å². The Hall–Kier alpha value is -3.72. The van der Waals surface area contributed by atoms with Crippen molar-refractivity contribution in [2.75, 3.05) is 7.11 Å². The molecule has 1 amide bonds. The van der Waals surface area contributed by atoms with E-state index in [2.05, 4.69) is 20.6 Å². The predicted octanol–water partition coefficient (Wildman–Crippen LogP) is 3.27. The van der Waals surface area contributed by atoms with E-state index in [0.717, 1.165) is 22.7 Å². The molecule has 0 aliphatic rings. The summed E-state index contributed by atoms with van der Waals surface area (Å²) in [6, 6.07) is 19.1. The molecule has 0 saturated carbocycles. The van der Waals surface area contributed by atoms with E-state index in [4.69, 9.17) is 17.0 Å². The lowest BCUT2D eigenvalue weighted by molar-refractivity contribution is 0.0944. The highest BCUT2D eigenvalue weighted by Gasteiger charge is 2.17. The molecular formula is C21H20N6O2S. The molecule has 0 unspecified atom stereocenters. The fourth-order valence-electron chi connectivity index (χ4n) is 3.01. The number of nitrogens with zero attached hydrogens (tertiary/aromatic N) is 4. The normalized spacial score (nSPS) is 10.7. The van der Waals surface area contributed by atoms with Gasteiger partial charge in [0.2, 0.25) is 0 Å². The molecule has 4 rings (SSSR count). The van der Waals surface area contributed by atoms with E-state index in [1.165, 1.54) is 0 Å². The topological polar surface area (TPSA) is 89.8 Å². The van der Waals surface area contributed by atoms with Crippen molar-refractivity contribution in [3.8, 4) is 22.7 Å². The Morgan fingerprint density at radius 1 is 1.17 bits per heavy atom. The van der Waals surface area contributed by atoms with Gasteiger partial charge in [-0.25, -0.2) is 4.68 Å². The van der Waals surface area contributed by atoms with Crippen LogP contribution in [0.3, 0.4) is 0 Å². The third-order valence-electron chi connectivity index (χ3n) is 4.71. The van der Waals surface area contributed by atoms with Crippen LogP contribution in [0.25, 0.3) is 16.9 Å². The average molecular weight is 420 g/mol. The summed E-state index contributed by atoms with van der Waals surface area (Å²) in [7, 11) is 3.42. The summed E-state index contributed by atoms with van der Waals surface area (Å²) in [5.74, 6) is 1.09. The van der Waals surface area contributed by atoms with E-state index >= 15 is 0 Å². The van der Waals surface area contributed by atoms with Crippen molar-refractivity contribution in [2.45, 2.75) is 6.54 Å². The zero-order chi connectivity index (χ0) is 21.1. The second-order valence-corrected chi connectivity index (χ2v) is 6.96. The van der Waals surface area contributed by atoms with Crippen molar-refractivity contribution in [3.63, 3.8) is 0 Å². The van der Waals surface area contributed by atoms with Crippen LogP contribution in [-0.4, -0.2) is 37.6 Å². The minimum atomic E-state index is -0.298. The van der Waals surface area contributed by atoms with Crippen LogP contribution in [-0.2, 0) is 13.6 Å². The second-order valence-electron chi connectivity index (χ2n) is 6.58. The largest absolute Gasteiger partial charge is 0.497 e. The minimum absolute atomic E-state index is 0.235. The Kier molecular flexibility index (Phi) is 5.44. The maximum absolute atomic E-state index is 12.8. The Balaban J connectivity index is 1.66. The van der Waals surface area contributed by atoms with Gasteiger partial charge in [0.1, 0.15) is 5.75 Å². The van der Waals surface area contributed by atoms with Crippen molar-refractivity contribution >= 4 is 18.1 Å². The lowest BCUT2D eigenvalue weighted by atomic mass is 10.1. The zero-order valence-corrected chi connectivity index (χ0v) is 17.3. The number of ether oxygens (including phenoxy) is 1. The highest BCUT2D eigenvalue weighted by atomic mass is 32.1. The van der Waals surface area contributed by atoms with Gasteiger partial charge >= 0.3 is 0 Å². The molecule has 8 nitrogen and oxygen atoms in total. The summed E-state index contributed by atoms with van der Waals surface area (Å²) >= 11 is 5.10. The monoisotopic (exact) mass is 420 g/mol. The minimum Gasteiger partial charge on any atom is -0.497 e. The summed E-state index contributed by atoms with van der Waals surface area (Å²) in [5.41, 5.74) is 2.88. The van der Waals surface area contributed by atoms with Crippen molar-refractivity contribution in [2.24, 2.45) is 7.05 Å². The van der Waals surface area contributed by atoms with Crippen LogP contribution in [0.4, 0.5) is 0 Å². The fourth-order valence-corrected chi connectivity index (χ4v) is 3.16. The van der Waals surface area contributed by atoms with Gasteiger partial charge in [0, 0.05) is 12.6 Å². The molecule has 0 fully saturated rings. The number of benzene rings is 2. The van der Waals surface area contributed by atoms with Crippen molar-refractivity contribution in [1.82, 2.24) is 29.9 Å². The van der Waals surface area contributed by atoms with Crippen LogP contribution >= 0.6 is 12.2 Å². The first-order valence-electron chi connectivity index (χ1n) is 9.25. The maximum atomic E-state index is 12.8. The van der Waals surface area contributed by atoms with Gasteiger partial charge in [0.05, 0.1) is 25.0 Å². The molecule has 2 aromatic carbocycles. The molecule has 2 aromatic heterocycles. The first kappa shape index (κ1) is 19.6. The number of carbonyl (C=O) groups is 1. The molecular weight excluding hydrogens is 400 g/mol. The predicted molar refractivity (Wildman–Crippen MR) is 115 cm³/mol. The van der Waals surface area contributed by atoms with E-state index in [1.54, 1.807) is 29.5 Å². The molecule has 0 atom stereocenters. The number of nitrogens with one attached hydrogen (secondary N) is 2. The van der Waals surface area contributed by atoms with Gasteiger partial charge in [0.15, 0.2) is 16.3 Å². The molecule has 9 heteroatoms. The van der Waals surface area contributed by atoms with Gasteiger partial charge in [-0.15, -0.1) is 0 Å². The van der Waals surface area contributed by atoms with E-state index in [9.17, 15) is 4.79 Å². The Bertz CT molecular complexity index is 1220. The Labute approximate surface area is 178 Å². The SMILES string of the molecule is COc1ccc(-c2cc(C(=O)NCc3n[nH]c(=S)n3C)nn2-c2ccccc2)cc1. The Morgan fingerprint density at radius 2 is 1.90 bits per heavy atom. The molecule has 0 spiro atoms. The molecule has 0 aliphatic heterocycles. The van der Waals surface area contributed by atoms with Crippen LogP contribution in [0.2, 0.25) is 0 Å². The summed E-state index contributed by atoms with van der Waals surface area (Å²) < 4.78 is 9.20. The molecule has 0 saturated heterocycles. The molecule has 30 heavy (non-hydrogen) atoms. The smallest absolute Gasteiger partial charge is 0.272 e. The summed E-state index contributed by atoms with van der Waals surface area (Å²) in [5, 5.41) is 14.2. The lowest BCUT2D eigenvalue weighted by Gasteiger charge is -2.08. The average Bonchev–Trinajstić information content (AvgIpc) is 3.37. The lowest BCUT2D eigenvalue weighted by Crippen LogP contribution is -2.25. The number of rotatable bonds is 6. The number of amides is 1. The third-order valence-corrected chi connectivity index (χ3v) is 5.07. The van der Waals surface area contributed by atoms with Crippen molar-refractivity contribution in [1.29, 1.82) is 0 Å². The number of H-pyrrole nitrogens is 1. The quantitative estimate of drug-likeness (QED) is 0.467. The summed E-state index contributed by atoms with van der Waals surface area (Å²) in [6.07, 6.45) is 0. The summed E-state index contributed by atoms with van der Waals surface area (Å²) in [4.78, 5) is 12.8. The first-order valence-corrected chi connectivity index (χ1v) is 9.66. The molecule has 2 N–H and O–H groups in total. The van der Waals surface area contributed by atoms with Crippen LogP contribution in [0, 0.1) is 4.77 Å². The highest BCUT2D eigenvalue weighted by molar-refractivity contribution is 7.71. The van der Waals surface area contributed by atoms with Crippen LogP contribution < -0.4 is 10.1 Å². The number of aromatic amines is 1. The van der Waals surface area contributed by atoms with E-state index in [1.807, 2.05) is 54.6 Å². The number of methoxy groups -OCH3 is 1. The number of hydrogen-bond acceptors (Lipinski definition) is 5. The highest BCUT2D eigenvalue weighted by Crippen LogP contribution is 2.26. The molecule has 0 bridgehead atoms. The number of hydrogen-bond donors (Lipinski definition) is 2. The molecule has 0 radical (unpaired) electrons. The first-order chi connectivity index (χ1) is 14.6. The van der Waals surface area contributed by atoms with Gasteiger partial charge in [-0.1, -0.05) is 18.2 Å². The molecule has 4 aromatic rings. The van der Waals surface area contributed by atoms with E-state index in [0.29, 0.717) is 16.3 Å². The number of aromatic nitrogens is 5. The van der Waals surface area contributed by atoms with Gasteiger partial charge < -0.3 is 14.6 Å². The van der Waals surface area contributed by atoms with Gasteiger partial charge in [-0.3, -0.25) is 9.89 Å². The maximum Gasteiger partial charge on any atom is 0.272 e. The number of carbonyl (C=O) groups excluding carboxylic acids is 1. The zero-order valence-electron chi connectivity index (χ0n) is 16.5. The summed E-state index contributed by atoms with van der Waals surface area (Å²) in [6.45, 7) is 0.235. The fraction of sp³-hybridized carbons (Fsp3) is 0.143. The van der Waals surface area contributed by atoms with Crippen LogP contribution in [0.15, 0.2) is 60.7 Å². The molecule has 2 heterocycles. The van der Waals surface area contributed by atoms with Crippen LogP contribution in [0.5, 0.6) is 5.75 Å². The van der Waals surface area contributed by atoms with E-state index in [-0.39, 0.29) is 12.5 Å². The molecule has 152 valence electrons. The standard InChI is InChI=1S/C21H20N6O2S/c1-26-19(23-24-21(26)30)13-22-20(28)17-12-18(14-8-10-16(29-2)11-9-14)27(25-17)15-6-4-3-5-7-15/h3-12H,13H2,1-2H3,(H,22,28)(H,24,30). The van der Waals surface area contributed by atoms with Crippen LogP contribution in [0.1, 0.15) is 16.3 Å². The Morgan fingerprint density at radius 3 is 2.53 bits per heavy atom. The second kappa shape index (κ2) is 8.34. The van der Waals surface area contributed by atoms with Crippen molar-refractivity contribution in [3.05, 3.63) is 77.0 Å². The third kappa shape index (κ3) is 3.87. The van der Waals surface area contributed by atoms with Gasteiger partial charge in [-0.2, -0.15) is 10.2 Å². The van der Waals surface area contributed by atoms with Crippen molar-refractivity contribution < 1.29 is 9.53 Å². The van der Waals surface area contributed by atoms with E-state index < -0.39 is 0 Å². The van der Waals surface area contributed by atoms with Gasteiger partial charge in [-0.05, 0) is 54.7 Å². The number of para-hydroxylation sites is 1.